The summed E-state index contributed by atoms with van der Waals surface area (Å²) >= 11 is 1.41. The molecule has 1 N–H and O–H groups in total. The van der Waals surface area contributed by atoms with Crippen LogP contribution in [0.15, 0.2) is 54.7 Å². The number of piperazine rings is 1. The number of pyridine rings is 1. The lowest BCUT2D eigenvalue weighted by atomic mass is 9.92. The van der Waals surface area contributed by atoms with Crippen molar-refractivity contribution in [3.63, 3.8) is 0 Å². The minimum atomic E-state index is -4.83. The zero-order valence-corrected chi connectivity index (χ0v) is 25.7. The highest BCUT2D eigenvalue weighted by molar-refractivity contribution is 7.18. The van der Waals surface area contributed by atoms with Crippen molar-refractivity contribution < 1.29 is 36.0 Å². The summed E-state index contributed by atoms with van der Waals surface area (Å²) in [6, 6.07) is 10.3. The summed E-state index contributed by atoms with van der Waals surface area (Å²) in [7, 11) is 0. The van der Waals surface area contributed by atoms with Gasteiger partial charge in [-0.2, -0.15) is 26.3 Å². The van der Waals surface area contributed by atoms with Gasteiger partial charge in [-0.3, -0.25) is 15.0 Å². The molecule has 9 nitrogen and oxygen atoms in total. The minimum Gasteiger partial charge on any atom is -0.474 e. The number of aromatic nitrogens is 2. The number of nitrogens with zero attached hydrogens (tertiary/aromatic N) is 5. The van der Waals surface area contributed by atoms with Crippen LogP contribution >= 0.6 is 11.3 Å². The molecular weight excluding hydrogens is 650 g/mol. The SMILES string of the molecule is O=[N+]([O-])c1ccc(N[C@H]2CC[C@H](Oc3ccc(N4CCN(Cc5nc6cc(C(F)(F)F)ccc6s5)CC4)cn3)CC2)cc1C(F)(F)F. The summed E-state index contributed by atoms with van der Waals surface area (Å²) < 4.78 is 85.9. The minimum absolute atomic E-state index is 0.0942. The molecule has 2 aromatic heterocycles. The fourth-order valence-corrected chi connectivity index (χ4v) is 6.94. The van der Waals surface area contributed by atoms with Gasteiger partial charge in [0.25, 0.3) is 5.69 Å². The normalized spacial score (nSPS) is 19.6. The van der Waals surface area contributed by atoms with Gasteiger partial charge in [0, 0.05) is 50.0 Å². The lowest BCUT2D eigenvalue weighted by Crippen LogP contribution is -2.46. The third kappa shape index (κ3) is 7.87. The Hall–Kier alpha value is -4.18. The Balaban J connectivity index is 0.957. The van der Waals surface area contributed by atoms with E-state index in [9.17, 15) is 36.5 Å². The average molecular weight is 681 g/mol. The van der Waals surface area contributed by atoms with Crippen molar-refractivity contribution in [2.24, 2.45) is 0 Å². The number of hydrogen-bond acceptors (Lipinski definition) is 9. The third-order valence-corrected chi connectivity index (χ3v) is 9.43. The predicted octanol–water partition coefficient (Wildman–Crippen LogP) is 7.76. The van der Waals surface area contributed by atoms with Gasteiger partial charge in [0.2, 0.25) is 5.88 Å². The second-order valence-corrected chi connectivity index (χ2v) is 12.7. The van der Waals surface area contributed by atoms with Gasteiger partial charge < -0.3 is 15.0 Å². The van der Waals surface area contributed by atoms with Crippen LogP contribution in [-0.2, 0) is 18.9 Å². The van der Waals surface area contributed by atoms with Crippen LogP contribution in [0.5, 0.6) is 5.88 Å². The van der Waals surface area contributed by atoms with Crippen molar-refractivity contribution in [3.8, 4) is 5.88 Å². The smallest absolute Gasteiger partial charge is 0.423 e. The number of benzene rings is 2. The molecule has 2 fully saturated rings. The Bertz CT molecular complexity index is 1720. The van der Waals surface area contributed by atoms with Crippen LogP contribution in [0.25, 0.3) is 10.2 Å². The Morgan fingerprint density at radius 3 is 2.32 bits per heavy atom. The molecule has 0 bridgehead atoms. The summed E-state index contributed by atoms with van der Waals surface area (Å²) in [6.07, 6.45) is -4.94. The summed E-state index contributed by atoms with van der Waals surface area (Å²) in [5, 5.41) is 14.9. The summed E-state index contributed by atoms with van der Waals surface area (Å²) in [4.78, 5) is 23.3. The summed E-state index contributed by atoms with van der Waals surface area (Å²) in [5.41, 5.74) is -1.45. The van der Waals surface area contributed by atoms with Crippen molar-refractivity contribution >= 4 is 38.6 Å². The van der Waals surface area contributed by atoms with Crippen LogP contribution in [0, 0.1) is 10.1 Å². The van der Waals surface area contributed by atoms with Gasteiger partial charge in [0.1, 0.15) is 16.7 Å². The molecule has 0 atom stereocenters. The quantitative estimate of drug-likeness (QED) is 0.115. The monoisotopic (exact) mass is 680 g/mol. The second kappa shape index (κ2) is 13.1. The van der Waals surface area contributed by atoms with Crippen LogP contribution in [0.3, 0.4) is 0 Å². The molecular formula is C31H30F6N6O3S. The highest BCUT2D eigenvalue weighted by atomic mass is 32.1. The lowest BCUT2D eigenvalue weighted by Gasteiger charge is -2.35. The Labute approximate surface area is 269 Å². The standard InChI is InChI=1S/C31H30F6N6O3S/c32-30(33,34)19-1-9-27-25(15-19)40-29(47-27)18-41-11-13-42(14-12-41)22-5-10-28(38-17-22)46-23-6-2-20(3-7-23)39-21-4-8-26(43(44)45)24(16-21)31(35,36)37/h1,4-5,8-10,15-17,20,23,39H,2-3,6-7,11-14,18H2/t20-,23-. The second-order valence-electron chi connectivity index (χ2n) is 11.6. The van der Waals surface area contributed by atoms with Crippen molar-refractivity contribution in [1.82, 2.24) is 14.9 Å². The Morgan fingerprint density at radius 2 is 1.68 bits per heavy atom. The molecule has 1 aliphatic heterocycles. The molecule has 1 aliphatic carbocycles. The first-order valence-corrected chi connectivity index (χ1v) is 15.8. The largest absolute Gasteiger partial charge is 0.474 e. The fraction of sp³-hybridized carbons (Fsp3) is 0.419. The molecule has 0 unspecified atom stereocenters. The maximum atomic E-state index is 13.3. The van der Waals surface area contributed by atoms with E-state index in [-0.39, 0.29) is 17.8 Å². The maximum Gasteiger partial charge on any atom is 0.423 e. The number of nitrogens with one attached hydrogen (secondary N) is 1. The molecule has 47 heavy (non-hydrogen) atoms. The average Bonchev–Trinajstić information content (AvgIpc) is 3.43. The molecule has 0 radical (unpaired) electrons. The van der Waals surface area contributed by atoms with Crippen LogP contribution in [0.4, 0.5) is 43.4 Å². The van der Waals surface area contributed by atoms with E-state index in [1.165, 1.54) is 23.5 Å². The molecule has 0 spiro atoms. The number of anilines is 2. The van der Waals surface area contributed by atoms with Gasteiger partial charge >= 0.3 is 12.4 Å². The van der Waals surface area contributed by atoms with Crippen molar-refractivity contribution in [3.05, 3.63) is 81.0 Å². The molecule has 1 saturated heterocycles. The first-order chi connectivity index (χ1) is 22.3. The van der Waals surface area contributed by atoms with Crippen molar-refractivity contribution in [2.45, 2.75) is 56.7 Å². The fourth-order valence-electron chi connectivity index (χ4n) is 5.95. The van der Waals surface area contributed by atoms with E-state index >= 15 is 0 Å². The molecule has 0 amide bonds. The van der Waals surface area contributed by atoms with Crippen LogP contribution in [0.2, 0.25) is 0 Å². The van der Waals surface area contributed by atoms with Crippen molar-refractivity contribution in [2.75, 3.05) is 36.4 Å². The van der Waals surface area contributed by atoms with E-state index in [0.717, 1.165) is 65.8 Å². The van der Waals surface area contributed by atoms with E-state index in [1.54, 1.807) is 6.20 Å². The van der Waals surface area contributed by atoms with E-state index in [0.29, 0.717) is 43.6 Å². The zero-order chi connectivity index (χ0) is 33.3. The number of fused-ring (bicyclic) bond motifs is 1. The summed E-state index contributed by atoms with van der Waals surface area (Å²) in [6.45, 7) is 3.59. The number of nitro groups is 1. The van der Waals surface area contributed by atoms with Gasteiger partial charge in [0.15, 0.2) is 0 Å². The van der Waals surface area contributed by atoms with E-state index in [2.05, 4.69) is 25.1 Å². The van der Waals surface area contributed by atoms with Gasteiger partial charge in [-0.05, 0) is 62.1 Å². The van der Waals surface area contributed by atoms with Crippen LogP contribution in [-0.4, -0.2) is 58.1 Å². The number of alkyl halides is 6. The maximum absolute atomic E-state index is 13.3. The number of halogens is 6. The highest BCUT2D eigenvalue weighted by Gasteiger charge is 2.38. The summed E-state index contributed by atoms with van der Waals surface area (Å²) in [5.74, 6) is 0.485. The number of nitro benzene ring substituents is 1. The molecule has 1 saturated carbocycles. The van der Waals surface area contributed by atoms with Gasteiger partial charge in [-0.25, -0.2) is 9.97 Å². The van der Waals surface area contributed by atoms with Crippen LogP contribution in [0.1, 0.15) is 41.8 Å². The molecule has 2 aliphatic rings. The lowest BCUT2D eigenvalue weighted by molar-refractivity contribution is -0.388. The third-order valence-electron chi connectivity index (χ3n) is 8.41. The topological polar surface area (TPSA) is 96.7 Å². The number of hydrogen-bond donors (Lipinski definition) is 1. The number of rotatable bonds is 8. The Kier molecular flexibility index (Phi) is 9.16. The molecule has 4 aromatic rings. The van der Waals surface area contributed by atoms with E-state index < -0.39 is 34.1 Å². The van der Waals surface area contributed by atoms with Gasteiger partial charge in [0.05, 0.1) is 39.1 Å². The molecule has 6 rings (SSSR count). The molecule has 2 aromatic carbocycles. The first-order valence-electron chi connectivity index (χ1n) is 15.0. The van der Waals surface area contributed by atoms with E-state index in [4.69, 9.17) is 4.74 Å². The van der Waals surface area contributed by atoms with Crippen LogP contribution < -0.4 is 15.0 Å². The predicted molar refractivity (Wildman–Crippen MR) is 165 cm³/mol. The van der Waals surface area contributed by atoms with Crippen molar-refractivity contribution in [1.29, 1.82) is 0 Å². The molecule has 250 valence electrons. The number of ether oxygens (including phenoxy) is 1. The van der Waals surface area contributed by atoms with Gasteiger partial charge in [-0.1, -0.05) is 0 Å². The van der Waals surface area contributed by atoms with Gasteiger partial charge in [-0.15, -0.1) is 11.3 Å². The number of thiazole rings is 1. The first kappa shape index (κ1) is 32.7. The highest BCUT2D eigenvalue weighted by Crippen LogP contribution is 2.38. The molecule has 16 heteroatoms. The molecule has 3 heterocycles. The Morgan fingerprint density at radius 1 is 0.936 bits per heavy atom. The zero-order valence-electron chi connectivity index (χ0n) is 24.9. The van der Waals surface area contributed by atoms with E-state index in [1.807, 2.05) is 12.1 Å².